The zero-order chi connectivity index (χ0) is 12.4. The minimum absolute atomic E-state index is 0.331. The Hall–Kier alpha value is -1.26. The van der Waals surface area contributed by atoms with Gasteiger partial charge in [0.2, 0.25) is 0 Å². The highest BCUT2D eigenvalue weighted by Crippen LogP contribution is 2.32. The highest BCUT2D eigenvalue weighted by molar-refractivity contribution is 5.43. The van der Waals surface area contributed by atoms with Crippen LogP contribution in [-0.4, -0.2) is 38.3 Å². The maximum absolute atomic E-state index is 5.80. The topological polar surface area (TPSA) is 47.7 Å². The van der Waals surface area contributed by atoms with Crippen molar-refractivity contribution in [1.29, 1.82) is 0 Å². The maximum atomic E-state index is 5.80. The van der Waals surface area contributed by atoms with Crippen molar-refractivity contribution in [3.63, 3.8) is 0 Å². The van der Waals surface area contributed by atoms with Crippen molar-refractivity contribution < 1.29 is 9.47 Å². The van der Waals surface area contributed by atoms with E-state index in [-0.39, 0.29) is 0 Å². The Morgan fingerprint density at radius 1 is 1.24 bits per heavy atom. The molecule has 1 saturated heterocycles. The van der Waals surface area contributed by atoms with Gasteiger partial charge in [0.15, 0.2) is 11.5 Å². The molecule has 2 N–H and O–H groups in total. The van der Waals surface area contributed by atoms with Gasteiger partial charge in [-0.1, -0.05) is 6.07 Å². The molecule has 0 aliphatic carbocycles. The van der Waals surface area contributed by atoms with Gasteiger partial charge in [0.05, 0.1) is 14.2 Å². The van der Waals surface area contributed by atoms with Crippen LogP contribution >= 0.6 is 0 Å². The van der Waals surface area contributed by atoms with Crippen molar-refractivity contribution in [3.8, 4) is 11.5 Å². The summed E-state index contributed by atoms with van der Waals surface area (Å²) >= 11 is 0. The van der Waals surface area contributed by atoms with Crippen LogP contribution < -0.4 is 15.2 Å². The molecule has 2 rings (SSSR count). The normalized spacial score (nSPS) is 18.6. The Kier molecular flexibility index (Phi) is 3.54. The molecule has 1 unspecified atom stereocenters. The molecular formula is C13H20N2O2. The lowest BCUT2D eigenvalue weighted by Gasteiger charge is -2.41. The molecule has 1 aliphatic rings. The summed E-state index contributed by atoms with van der Waals surface area (Å²) in [4.78, 5) is 2.35. The first-order valence-corrected chi connectivity index (χ1v) is 5.87. The number of hydrogen-bond donors (Lipinski definition) is 1. The molecule has 0 aromatic heterocycles. The average molecular weight is 236 g/mol. The highest BCUT2D eigenvalue weighted by atomic mass is 16.5. The fourth-order valence-corrected chi connectivity index (χ4v) is 2.19. The number of rotatable bonds is 4. The molecule has 1 atom stereocenters. The molecule has 94 valence electrons. The monoisotopic (exact) mass is 236 g/mol. The van der Waals surface area contributed by atoms with Gasteiger partial charge in [0.25, 0.3) is 0 Å². The van der Waals surface area contributed by atoms with Crippen LogP contribution in [0.1, 0.15) is 18.5 Å². The van der Waals surface area contributed by atoms with E-state index in [9.17, 15) is 0 Å². The molecule has 0 spiro atoms. The molecular weight excluding hydrogens is 216 g/mol. The Bertz CT molecular complexity index is 389. The van der Waals surface area contributed by atoms with E-state index in [1.807, 2.05) is 12.1 Å². The molecule has 17 heavy (non-hydrogen) atoms. The summed E-state index contributed by atoms with van der Waals surface area (Å²) in [5.74, 6) is 1.55. The standard InChI is InChI=1S/C13H20N2O2/c1-9(15-7-11(14)8-15)10-4-5-12(16-2)13(6-10)17-3/h4-6,9,11H,7-8,14H2,1-3H3. The largest absolute Gasteiger partial charge is 0.493 e. The number of hydrogen-bond acceptors (Lipinski definition) is 4. The number of ether oxygens (including phenoxy) is 2. The second kappa shape index (κ2) is 4.94. The van der Waals surface area contributed by atoms with E-state index in [0.29, 0.717) is 12.1 Å². The van der Waals surface area contributed by atoms with Crippen LogP contribution in [0.25, 0.3) is 0 Å². The van der Waals surface area contributed by atoms with E-state index >= 15 is 0 Å². The third-order valence-electron chi connectivity index (χ3n) is 3.38. The second-order valence-corrected chi connectivity index (χ2v) is 4.50. The molecule has 0 saturated carbocycles. The summed E-state index contributed by atoms with van der Waals surface area (Å²) in [7, 11) is 3.31. The van der Waals surface area contributed by atoms with Crippen molar-refractivity contribution in [2.45, 2.75) is 19.0 Å². The summed E-state index contributed by atoms with van der Waals surface area (Å²) < 4.78 is 10.5. The number of likely N-dealkylation sites (tertiary alicyclic amines) is 1. The fourth-order valence-electron chi connectivity index (χ4n) is 2.19. The third-order valence-corrected chi connectivity index (χ3v) is 3.38. The molecule has 4 heteroatoms. The first-order valence-electron chi connectivity index (χ1n) is 5.87. The lowest BCUT2D eigenvalue weighted by molar-refractivity contribution is 0.103. The van der Waals surface area contributed by atoms with E-state index in [1.54, 1.807) is 14.2 Å². The van der Waals surface area contributed by atoms with Gasteiger partial charge in [-0.15, -0.1) is 0 Å². The predicted octanol–water partition coefficient (Wildman–Crippen LogP) is 1.41. The van der Waals surface area contributed by atoms with Gasteiger partial charge in [0.1, 0.15) is 0 Å². The van der Waals surface area contributed by atoms with Crippen LogP contribution in [0.2, 0.25) is 0 Å². The Labute approximate surface area is 102 Å². The Balaban J connectivity index is 2.15. The molecule has 4 nitrogen and oxygen atoms in total. The van der Waals surface area contributed by atoms with Crippen LogP contribution in [0.3, 0.4) is 0 Å². The van der Waals surface area contributed by atoms with Gasteiger partial charge >= 0.3 is 0 Å². The van der Waals surface area contributed by atoms with Crippen LogP contribution in [0.4, 0.5) is 0 Å². The van der Waals surface area contributed by atoms with E-state index < -0.39 is 0 Å². The molecule has 1 fully saturated rings. The lowest BCUT2D eigenvalue weighted by atomic mass is 10.0. The Morgan fingerprint density at radius 2 is 1.88 bits per heavy atom. The van der Waals surface area contributed by atoms with E-state index in [0.717, 1.165) is 24.6 Å². The van der Waals surface area contributed by atoms with Gasteiger partial charge in [-0.2, -0.15) is 0 Å². The van der Waals surface area contributed by atoms with Crippen LogP contribution in [0, 0.1) is 0 Å². The SMILES string of the molecule is COc1ccc(C(C)N2CC(N)C2)cc1OC. The minimum Gasteiger partial charge on any atom is -0.493 e. The molecule has 1 aliphatic heterocycles. The average Bonchev–Trinajstić information content (AvgIpc) is 2.33. The summed E-state index contributed by atoms with van der Waals surface area (Å²) in [6.07, 6.45) is 0. The zero-order valence-electron chi connectivity index (χ0n) is 10.6. The van der Waals surface area contributed by atoms with Crippen LogP contribution in [0.15, 0.2) is 18.2 Å². The second-order valence-electron chi connectivity index (χ2n) is 4.50. The number of methoxy groups -OCH3 is 2. The van der Waals surface area contributed by atoms with Crippen molar-refractivity contribution >= 4 is 0 Å². The number of nitrogens with zero attached hydrogens (tertiary/aromatic N) is 1. The van der Waals surface area contributed by atoms with Gasteiger partial charge in [-0.25, -0.2) is 0 Å². The van der Waals surface area contributed by atoms with Crippen LogP contribution in [0.5, 0.6) is 11.5 Å². The summed E-state index contributed by atoms with van der Waals surface area (Å²) in [6.45, 7) is 4.12. The molecule has 1 heterocycles. The summed E-state index contributed by atoms with van der Waals surface area (Å²) in [5.41, 5.74) is 7.03. The first-order chi connectivity index (χ1) is 8.15. The van der Waals surface area contributed by atoms with Crippen molar-refractivity contribution in [2.24, 2.45) is 5.73 Å². The molecule has 0 radical (unpaired) electrons. The smallest absolute Gasteiger partial charge is 0.161 e. The molecule has 1 aromatic rings. The predicted molar refractivity (Wildman–Crippen MR) is 67.5 cm³/mol. The van der Waals surface area contributed by atoms with Crippen molar-refractivity contribution in [3.05, 3.63) is 23.8 Å². The number of nitrogens with two attached hydrogens (primary N) is 1. The fraction of sp³-hybridized carbons (Fsp3) is 0.538. The van der Waals surface area contributed by atoms with Gasteiger partial charge in [-0.3, -0.25) is 4.90 Å². The first kappa shape index (κ1) is 12.2. The van der Waals surface area contributed by atoms with Crippen LogP contribution in [-0.2, 0) is 0 Å². The summed E-state index contributed by atoms with van der Waals surface area (Å²) in [6, 6.07) is 6.76. The lowest BCUT2D eigenvalue weighted by Crippen LogP contribution is -2.56. The number of benzene rings is 1. The minimum atomic E-state index is 0.331. The molecule has 0 bridgehead atoms. The van der Waals surface area contributed by atoms with Gasteiger partial charge < -0.3 is 15.2 Å². The quantitative estimate of drug-likeness (QED) is 0.858. The Morgan fingerprint density at radius 3 is 2.41 bits per heavy atom. The van der Waals surface area contributed by atoms with E-state index in [1.165, 1.54) is 5.56 Å². The molecule has 1 aromatic carbocycles. The maximum Gasteiger partial charge on any atom is 0.161 e. The van der Waals surface area contributed by atoms with E-state index in [4.69, 9.17) is 15.2 Å². The molecule has 0 amide bonds. The van der Waals surface area contributed by atoms with Gasteiger partial charge in [0, 0.05) is 25.2 Å². The highest BCUT2D eigenvalue weighted by Gasteiger charge is 2.28. The third kappa shape index (κ3) is 2.37. The van der Waals surface area contributed by atoms with E-state index in [2.05, 4.69) is 17.9 Å². The zero-order valence-corrected chi connectivity index (χ0v) is 10.6. The summed E-state index contributed by atoms with van der Waals surface area (Å²) in [5, 5.41) is 0. The van der Waals surface area contributed by atoms with Gasteiger partial charge in [-0.05, 0) is 24.6 Å². The van der Waals surface area contributed by atoms with Crippen molar-refractivity contribution in [2.75, 3.05) is 27.3 Å². The van der Waals surface area contributed by atoms with Crippen molar-refractivity contribution in [1.82, 2.24) is 4.90 Å².